The van der Waals surface area contributed by atoms with Gasteiger partial charge in [-0.15, -0.1) is 0 Å². The molecule has 1 fully saturated rings. The van der Waals surface area contributed by atoms with E-state index in [1.807, 2.05) is 7.11 Å². The molecule has 1 aromatic rings. The zero-order valence-corrected chi connectivity index (χ0v) is 13.9. The molecule has 0 bridgehead atoms. The van der Waals surface area contributed by atoms with E-state index in [1.54, 1.807) is 0 Å². The first-order valence-electron chi connectivity index (χ1n) is 8.17. The maximum atomic E-state index is 5.68. The summed E-state index contributed by atoms with van der Waals surface area (Å²) in [7, 11) is 1.84. The van der Waals surface area contributed by atoms with Gasteiger partial charge in [0.1, 0.15) is 0 Å². The van der Waals surface area contributed by atoms with E-state index in [4.69, 9.17) is 4.74 Å². The third-order valence-electron chi connectivity index (χ3n) is 4.57. The summed E-state index contributed by atoms with van der Waals surface area (Å²) in [6.45, 7) is 9.88. The van der Waals surface area contributed by atoms with Crippen molar-refractivity contribution in [3.05, 3.63) is 35.9 Å². The van der Waals surface area contributed by atoms with Crippen molar-refractivity contribution >= 4 is 0 Å². The molecule has 0 aromatic heterocycles. The van der Waals surface area contributed by atoms with Crippen molar-refractivity contribution in [3.63, 3.8) is 0 Å². The number of nitrogens with one attached hydrogen (secondary N) is 1. The highest BCUT2D eigenvalue weighted by Crippen LogP contribution is 2.27. The van der Waals surface area contributed by atoms with Crippen LogP contribution >= 0.6 is 0 Å². The van der Waals surface area contributed by atoms with Crippen LogP contribution in [-0.2, 0) is 4.74 Å². The molecule has 2 rings (SSSR count). The van der Waals surface area contributed by atoms with Gasteiger partial charge in [0.25, 0.3) is 0 Å². The van der Waals surface area contributed by atoms with Crippen LogP contribution in [0.3, 0.4) is 0 Å². The Kier molecular flexibility index (Phi) is 6.22. The smallest absolute Gasteiger partial charge is 0.0724 e. The number of hydrogen-bond donors (Lipinski definition) is 1. The van der Waals surface area contributed by atoms with Crippen molar-refractivity contribution in [2.45, 2.75) is 45.4 Å². The number of benzene rings is 1. The molecule has 1 saturated heterocycles. The average molecular weight is 290 g/mol. The van der Waals surface area contributed by atoms with Crippen molar-refractivity contribution in [2.75, 3.05) is 26.7 Å². The average Bonchev–Trinajstić information content (AvgIpc) is 2.49. The van der Waals surface area contributed by atoms with Gasteiger partial charge in [-0.1, -0.05) is 51.1 Å². The van der Waals surface area contributed by atoms with Gasteiger partial charge >= 0.3 is 0 Å². The first kappa shape index (κ1) is 16.5. The first-order valence-corrected chi connectivity index (χ1v) is 8.17. The second kappa shape index (κ2) is 7.92. The molecule has 118 valence electrons. The molecule has 3 unspecified atom stereocenters. The zero-order valence-electron chi connectivity index (χ0n) is 13.9. The van der Waals surface area contributed by atoms with Crippen molar-refractivity contribution in [1.82, 2.24) is 10.2 Å². The molecule has 1 aromatic carbocycles. The van der Waals surface area contributed by atoms with E-state index < -0.39 is 0 Å². The Morgan fingerprint density at radius 3 is 2.62 bits per heavy atom. The molecular weight excluding hydrogens is 260 g/mol. The lowest BCUT2D eigenvalue weighted by molar-refractivity contribution is -0.0196. The van der Waals surface area contributed by atoms with E-state index in [1.165, 1.54) is 12.0 Å². The molecule has 1 aliphatic heterocycles. The van der Waals surface area contributed by atoms with Crippen LogP contribution in [0, 0.1) is 5.92 Å². The fraction of sp³-hybridized carbons (Fsp3) is 0.667. The van der Waals surface area contributed by atoms with Crippen LogP contribution in [0.4, 0.5) is 0 Å². The third kappa shape index (κ3) is 4.53. The molecule has 1 N–H and O–H groups in total. The molecule has 0 amide bonds. The lowest BCUT2D eigenvalue weighted by Gasteiger charge is -2.41. The van der Waals surface area contributed by atoms with Gasteiger partial charge in [0.15, 0.2) is 0 Å². The van der Waals surface area contributed by atoms with Crippen LogP contribution in [0.5, 0.6) is 0 Å². The maximum absolute atomic E-state index is 5.68. The molecular formula is C18H30N2O. The number of piperidine rings is 1. The highest BCUT2D eigenvalue weighted by molar-refractivity contribution is 5.19. The van der Waals surface area contributed by atoms with Crippen molar-refractivity contribution in [1.29, 1.82) is 0 Å². The summed E-state index contributed by atoms with van der Waals surface area (Å²) in [5.74, 6) is 0.653. The van der Waals surface area contributed by atoms with E-state index >= 15 is 0 Å². The van der Waals surface area contributed by atoms with Crippen LogP contribution in [0.25, 0.3) is 0 Å². The minimum atomic E-state index is 0.351. The predicted molar refractivity (Wildman–Crippen MR) is 88.5 cm³/mol. The Bertz CT molecular complexity index is 407. The summed E-state index contributed by atoms with van der Waals surface area (Å²) in [4.78, 5) is 2.58. The van der Waals surface area contributed by atoms with Crippen LogP contribution in [0.15, 0.2) is 30.3 Å². The van der Waals surface area contributed by atoms with Gasteiger partial charge in [-0.25, -0.2) is 0 Å². The number of nitrogens with zero attached hydrogens (tertiary/aromatic N) is 1. The summed E-state index contributed by atoms with van der Waals surface area (Å²) in [5.41, 5.74) is 1.40. The molecule has 0 saturated carbocycles. The topological polar surface area (TPSA) is 24.5 Å². The van der Waals surface area contributed by atoms with E-state index in [0.717, 1.165) is 19.6 Å². The van der Waals surface area contributed by atoms with Gasteiger partial charge in [0.2, 0.25) is 0 Å². The number of likely N-dealkylation sites (tertiary alicyclic amines) is 1. The molecule has 0 spiro atoms. The van der Waals surface area contributed by atoms with Crippen LogP contribution in [0.2, 0.25) is 0 Å². The Hall–Kier alpha value is -0.900. The minimum absolute atomic E-state index is 0.351. The van der Waals surface area contributed by atoms with E-state index in [0.29, 0.717) is 24.1 Å². The number of methoxy groups -OCH3 is 1. The van der Waals surface area contributed by atoms with Crippen LogP contribution < -0.4 is 5.32 Å². The highest BCUT2D eigenvalue weighted by Gasteiger charge is 2.30. The quantitative estimate of drug-likeness (QED) is 0.871. The molecule has 0 radical (unpaired) electrons. The standard InChI is InChI=1S/C18H30N2O/c1-14(2)19-12-17(16-8-6-5-7-9-16)20-11-10-15(3)18(13-20)21-4/h5-9,14-15,17-19H,10-13H2,1-4H3. The monoisotopic (exact) mass is 290 g/mol. The summed E-state index contributed by atoms with van der Waals surface area (Å²) in [6, 6.07) is 11.8. The fourth-order valence-corrected chi connectivity index (χ4v) is 3.13. The van der Waals surface area contributed by atoms with Gasteiger partial charge in [-0.05, 0) is 24.4 Å². The molecule has 0 aliphatic carbocycles. The predicted octanol–water partition coefficient (Wildman–Crippen LogP) is 3.08. The van der Waals surface area contributed by atoms with E-state index in [2.05, 4.69) is 61.3 Å². The van der Waals surface area contributed by atoms with Crippen LogP contribution in [-0.4, -0.2) is 43.8 Å². The second-order valence-corrected chi connectivity index (χ2v) is 6.52. The SMILES string of the molecule is COC1CN(C(CNC(C)C)c2ccccc2)CCC1C. The second-order valence-electron chi connectivity index (χ2n) is 6.52. The van der Waals surface area contributed by atoms with Gasteiger partial charge in [-0.3, -0.25) is 4.90 Å². The number of hydrogen-bond acceptors (Lipinski definition) is 3. The molecule has 1 heterocycles. The van der Waals surface area contributed by atoms with Gasteiger partial charge in [0, 0.05) is 32.3 Å². The molecule has 3 nitrogen and oxygen atoms in total. The third-order valence-corrected chi connectivity index (χ3v) is 4.57. The maximum Gasteiger partial charge on any atom is 0.0724 e. The van der Waals surface area contributed by atoms with Crippen LogP contribution in [0.1, 0.15) is 38.8 Å². The van der Waals surface area contributed by atoms with E-state index in [-0.39, 0.29) is 0 Å². The fourth-order valence-electron chi connectivity index (χ4n) is 3.13. The van der Waals surface area contributed by atoms with Crippen molar-refractivity contribution in [3.8, 4) is 0 Å². The van der Waals surface area contributed by atoms with Gasteiger partial charge in [0.05, 0.1) is 6.10 Å². The Morgan fingerprint density at radius 2 is 2.00 bits per heavy atom. The summed E-state index contributed by atoms with van der Waals surface area (Å²) in [6.07, 6.45) is 1.56. The Balaban J connectivity index is 2.11. The van der Waals surface area contributed by atoms with Gasteiger partial charge < -0.3 is 10.1 Å². The Morgan fingerprint density at radius 1 is 1.29 bits per heavy atom. The molecule has 1 aliphatic rings. The van der Waals surface area contributed by atoms with Gasteiger partial charge in [-0.2, -0.15) is 0 Å². The Labute approximate surface area is 129 Å². The molecule has 3 heteroatoms. The highest BCUT2D eigenvalue weighted by atomic mass is 16.5. The zero-order chi connectivity index (χ0) is 15.2. The van der Waals surface area contributed by atoms with E-state index in [9.17, 15) is 0 Å². The number of ether oxygens (including phenoxy) is 1. The number of rotatable bonds is 6. The van der Waals surface area contributed by atoms with Crippen molar-refractivity contribution in [2.24, 2.45) is 5.92 Å². The molecule has 21 heavy (non-hydrogen) atoms. The lowest BCUT2D eigenvalue weighted by atomic mass is 9.93. The summed E-state index contributed by atoms with van der Waals surface area (Å²) >= 11 is 0. The summed E-state index contributed by atoms with van der Waals surface area (Å²) < 4.78 is 5.68. The minimum Gasteiger partial charge on any atom is -0.380 e. The molecule has 3 atom stereocenters. The largest absolute Gasteiger partial charge is 0.380 e. The van der Waals surface area contributed by atoms with Crippen molar-refractivity contribution < 1.29 is 4.74 Å². The first-order chi connectivity index (χ1) is 10.1. The lowest BCUT2D eigenvalue weighted by Crippen LogP contribution is -2.48. The summed E-state index contributed by atoms with van der Waals surface area (Å²) in [5, 5.41) is 3.60. The normalized spacial score (nSPS) is 25.2.